The van der Waals surface area contributed by atoms with Crippen molar-refractivity contribution in [3.63, 3.8) is 0 Å². The zero-order valence-electron chi connectivity index (χ0n) is 12.2. The standard InChI is InChI=1S/C16H21NO4/c1-10(17-15(16(18)19)11-3-4-11)12-5-6-13-14(9-12)21-8-2-7-20-13/h5-6,9-11,15,17H,2-4,7-8H2,1H3,(H,18,19). The molecule has 5 nitrogen and oxygen atoms in total. The van der Waals surface area contributed by atoms with Crippen LogP contribution in [0.1, 0.15) is 37.8 Å². The lowest BCUT2D eigenvalue weighted by Crippen LogP contribution is -2.40. The van der Waals surface area contributed by atoms with Gasteiger partial charge in [0.15, 0.2) is 11.5 Å². The number of fused-ring (bicyclic) bond motifs is 1. The van der Waals surface area contributed by atoms with E-state index < -0.39 is 12.0 Å². The molecule has 0 aromatic heterocycles. The number of nitrogens with one attached hydrogen (secondary N) is 1. The second kappa shape index (κ2) is 5.93. The normalized spacial score (nSPS) is 20.4. The van der Waals surface area contributed by atoms with E-state index >= 15 is 0 Å². The summed E-state index contributed by atoms with van der Waals surface area (Å²) in [5.41, 5.74) is 1.02. The molecule has 2 atom stereocenters. The monoisotopic (exact) mass is 291 g/mol. The van der Waals surface area contributed by atoms with Crippen molar-refractivity contribution >= 4 is 5.97 Å². The van der Waals surface area contributed by atoms with E-state index in [1.54, 1.807) is 0 Å². The highest BCUT2D eigenvalue weighted by molar-refractivity contribution is 5.74. The Hall–Kier alpha value is -1.75. The fraction of sp³-hybridized carbons (Fsp3) is 0.562. The third-order valence-corrected chi connectivity index (χ3v) is 4.06. The number of carboxylic acids is 1. The van der Waals surface area contributed by atoms with Gasteiger partial charge in [-0.1, -0.05) is 6.07 Å². The Morgan fingerprint density at radius 1 is 1.29 bits per heavy atom. The molecule has 1 saturated carbocycles. The first-order valence-corrected chi connectivity index (χ1v) is 7.53. The largest absolute Gasteiger partial charge is 0.490 e. The molecule has 0 bridgehead atoms. The summed E-state index contributed by atoms with van der Waals surface area (Å²) in [6, 6.07) is 5.32. The van der Waals surface area contributed by atoms with Gasteiger partial charge in [-0.25, -0.2) is 0 Å². The molecular weight excluding hydrogens is 270 g/mol. The van der Waals surface area contributed by atoms with Crippen molar-refractivity contribution < 1.29 is 19.4 Å². The topological polar surface area (TPSA) is 67.8 Å². The number of ether oxygens (including phenoxy) is 2. The molecule has 1 aliphatic heterocycles. The molecule has 1 aromatic carbocycles. The van der Waals surface area contributed by atoms with E-state index in [0.29, 0.717) is 13.2 Å². The van der Waals surface area contributed by atoms with Gasteiger partial charge in [0.25, 0.3) is 0 Å². The number of carboxylic acid groups (broad SMARTS) is 1. The van der Waals surface area contributed by atoms with E-state index in [2.05, 4.69) is 5.32 Å². The first kappa shape index (κ1) is 14.2. The predicted molar refractivity (Wildman–Crippen MR) is 77.7 cm³/mol. The summed E-state index contributed by atoms with van der Waals surface area (Å²) in [5, 5.41) is 12.5. The number of carbonyl (C=O) groups is 1. The summed E-state index contributed by atoms with van der Waals surface area (Å²) in [7, 11) is 0. The van der Waals surface area contributed by atoms with Crippen molar-refractivity contribution in [2.45, 2.75) is 38.3 Å². The lowest BCUT2D eigenvalue weighted by Gasteiger charge is -2.21. The maximum absolute atomic E-state index is 11.3. The number of aliphatic carboxylic acids is 1. The highest BCUT2D eigenvalue weighted by Crippen LogP contribution is 2.35. The second-order valence-electron chi connectivity index (χ2n) is 5.80. The number of hydrogen-bond donors (Lipinski definition) is 2. The smallest absolute Gasteiger partial charge is 0.320 e. The van der Waals surface area contributed by atoms with Crippen LogP contribution < -0.4 is 14.8 Å². The summed E-state index contributed by atoms with van der Waals surface area (Å²) in [6.45, 7) is 3.30. The van der Waals surface area contributed by atoms with E-state index in [1.165, 1.54) is 0 Å². The molecule has 2 aliphatic rings. The first-order chi connectivity index (χ1) is 10.1. The molecule has 5 heteroatoms. The molecule has 0 radical (unpaired) electrons. The molecule has 21 heavy (non-hydrogen) atoms. The summed E-state index contributed by atoms with van der Waals surface area (Å²) in [5.74, 6) is 1.02. The van der Waals surface area contributed by atoms with Gasteiger partial charge in [0.1, 0.15) is 6.04 Å². The van der Waals surface area contributed by atoms with E-state index in [1.807, 2.05) is 25.1 Å². The summed E-state index contributed by atoms with van der Waals surface area (Å²) >= 11 is 0. The van der Waals surface area contributed by atoms with E-state index in [4.69, 9.17) is 9.47 Å². The highest BCUT2D eigenvalue weighted by atomic mass is 16.5. The van der Waals surface area contributed by atoms with Crippen LogP contribution in [0.25, 0.3) is 0 Å². The SMILES string of the molecule is CC(NC(C(=O)O)C1CC1)c1ccc2c(c1)OCCCO2. The Kier molecular flexibility index (Phi) is 4.01. The summed E-state index contributed by atoms with van der Waals surface area (Å²) in [6.07, 6.45) is 2.87. The fourth-order valence-electron chi connectivity index (χ4n) is 2.65. The molecule has 0 amide bonds. The Bertz CT molecular complexity index is 527. The van der Waals surface area contributed by atoms with Crippen molar-refractivity contribution in [2.75, 3.05) is 13.2 Å². The Morgan fingerprint density at radius 3 is 2.67 bits per heavy atom. The molecule has 1 fully saturated rings. The maximum Gasteiger partial charge on any atom is 0.320 e. The highest BCUT2D eigenvalue weighted by Gasteiger charge is 2.37. The molecular formula is C16H21NO4. The third-order valence-electron chi connectivity index (χ3n) is 4.06. The van der Waals surface area contributed by atoms with Gasteiger partial charge in [-0.15, -0.1) is 0 Å². The van der Waals surface area contributed by atoms with Gasteiger partial charge in [0.2, 0.25) is 0 Å². The van der Waals surface area contributed by atoms with Crippen LogP contribution in [0.2, 0.25) is 0 Å². The van der Waals surface area contributed by atoms with Crippen molar-refractivity contribution in [1.29, 1.82) is 0 Å². The third kappa shape index (κ3) is 3.29. The van der Waals surface area contributed by atoms with Crippen molar-refractivity contribution in [3.05, 3.63) is 23.8 Å². The van der Waals surface area contributed by atoms with Crippen LogP contribution in [0.15, 0.2) is 18.2 Å². The number of benzene rings is 1. The molecule has 3 rings (SSSR count). The Labute approximate surface area is 124 Å². The Morgan fingerprint density at radius 2 is 2.00 bits per heavy atom. The van der Waals surface area contributed by atoms with Gasteiger partial charge in [0.05, 0.1) is 13.2 Å². The molecule has 0 spiro atoms. The minimum absolute atomic E-state index is 0.0381. The van der Waals surface area contributed by atoms with Gasteiger partial charge >= 0.3 is 5.97 Å². The average molecular weight is 291 g/mol. The average Bonchev–Trinajstić information content (AvgIpc) is 3.29. The molecule has 1 aliphatic carbocycles. The van der Waals surface area contributed by atoms with Crippen molar-refractivity contribution in [3.8, 4) is 11.5 Å². The second-order valence-corrected chi connectivity index (χ2v) is 5.80. The van der Waals surface area contributed by atoms with Crippen LogP contribution in [0, 0.1) is 5.92 Å². The predicted octanol–water partition coefficient (Wildman–Crippen LogP) is 2.36. The van der Waals surface area contributed by atoms with Crippen LogP contribution >= 0.6 is 0 Å². The molecule has 2 N–H and O–H groups in total. The minimum Gasteiger partial charge on any atom is -0.490 e. The first-order valence-electron chi connectivity index (χ1n) is 7.53. The zero-order chi connectivity index (χ0) is 14.8. The molecule has 0 saturated heterocycles. The maximum atomic E-state index is 11.3. The summed E-state index contributed by atoms with van der Waals surface area (Å²) < 4.78 is 11.3. The van der Waals surface area contributed by atoms with Crippen molar-refractivity contribution in [1.82, 2.24) is 5.32 Å². The van der Waals surface area contributed by atoms with Gasteiger partial charge in [-0.2, -0.15) is 0 Å². The van der Waals surface area contributed by atoms with Crippen LogP contribution in [0.5, 0.6) is 11.5 Å². The van der Waals surface area contributed by atoms with E-state index in [9.17, 15) is 9.90 Å². The van der Waals surface area contributed by atoms with Gasteiger partial charge < -0.3 is 14.6 Å². The van der Waals surface area contributed by atoms with Crippen molar-refractivity contribution in [2.24, 2.45) is 5.92 Å². The quantitative estimate of drug-likeness (QED) is 0.871. The summed E-state index contributed by atoms with van der Waals surface area (Å²) in [4.78, 5) is 11.3. The van der Waals surface area contributed by atoms with E-state index in [0.717, 1.165) is 36.3 Å². The zero-order valence-corrected chi connectivity index (χ0v) is 12.2. The van der Waals surface area contributed by atoms with Gasteiger partial charge in [0, 0.05) is 12.5 Å². The fourth-order valence-corrected chi connectivity index (χ4v) is 2.65. The molecule has 114 valence electrons. The lowest BCUT2D eigenvalue weighted by atomic mass is 10.1. The minimum atomic E-state index is -0.765. The van der Waals surface area contributed by atoms with Crippen LogP contribution in [-0.4, -0.2) is 30.3 Å². The van der Waals surface area contributed by atoms with Crippen LogP contribution in [0.4, 0.5) is 0 Å². The molecule has 1 aromatic rings. The van der Waals surface area contributed by atoms with Gasteiger partial charge in [-0.05, 0) is 43.4 Å². The molecule has 1 heterocycles. The molecule has 2 unspecified atom stereocenters. The van der Waals surface area contributed by atoms with E-state index in [-0.39, 0.29) is 12.0 Å². The number of rotatable bonds is 5. The lowest BCUT2D eigenvalue weighted by molar-refractivity contribution is -0.140. The Balaban J connectivity index is 1.73. The number of hydrogen-bond acceptors (Lipinski definition) is 4. The van der Waals surface area contributed by atoms with Gasteiger partial charge in [-0.3, -0.25) is 10.1 Å². The van der Waals surface area contributed by atoms with Crippen LogP contribution in [-0.2, 0) is 4.79 Å². The van der Waals surface area contributed by atoms with Crippen LogP contribution in [0.3, 0.4) is 0 Å².